The lowest BCUT2D eigenvalue weighted by Crippen LogP contribution is -2.49. The fraction of sp³-hybridized carbons (Fsp3) is 0.500. The SMILES string of the molecule is CC[C@@H](/C=C/C(=O)N1CCc2ccccc21)NC(=O)C1CCCCN1. The maximum Gasteiger partial charge on any atom is 0.250 e. The summed E-state index contributed by atoms with van der Waals surface area (Å²) >= 11 is 0. The van der Waals surface area contributed by atoms with Gasteiger partial charge in [0.1, 0.15) is 0 Å². The van der Waals surface area contributed by atoms with Crippen LogP contribution in [0.3, 0.4) is 0 Å². The number of hydrogen-bond acceptors (Lipinski definition) is 3. The molecule has 1 aromatic rings. The van der Waals surface area contributed by atoms with E-state index in [1.165, 1.54) is 5.56 Å². The Hall–Kier alpha value is -2.14. The van der Waals surface area contributed by atoms with Crippen molar-refractivity contribution in [2.75, 3.05) is 18.0 Å². The fourth-order valence-electron chi connectivity index (χ4n) is 3.50. The van der Waals surface area contributed by atoms with Gasteiger partial charge in [0.25, 0.3) is 5.91 Å². The van der Waals surface area contributed by atoms with Crippen molar-refractivity contribution < 1.29 is 9.59 Å². The molecule has 0 bridgehead atoms. The Labute approximate surface area is 149 Å². The van der Waals surface area contributed by atoms with Crippen LogP contribution >= 0.6 is 0 Å². The van der Waals surface area contributed by atoms with Crippen LogP contribution < -0.4 is 15.5 Å². The number of hydrogen-bond donors (Lipinski definition) is 2. The van der Waals surface area contributed by atoms with Gasteiger partial charge >= 0.3 is 0 Å². The monoisotopic (exact) mass is 341 g/mol. The molecule has 3 rings (SSSR count). The summed E-state index contributed by atoms with van der Waals surface area (Å²) in [5.74, 6) is 0.0172. The molecule has 1 saturated heterocycles. The Kier molecular flexibility index (Phi) is 5.87. The standard InChI is InChI=1S/C20H27N3O2/c1-2-16(22-20(25)17-8-5-6-13-21-17)10-11-19(24)23-14-12-15-7-3-4-9-18(15)23/h3-4,7,9-11,16-17,21H,2,5-6,8,12-14H2,1H3,(H,22,25)/b11-10+/t16-,17?/m0/s1. The van der Waals surface area contributed by atoms with Gasteiger partial charge in [-0.1, -0.05) is 37.6 Å². The quantitative estimate of drug-likeness (QED) is 0.807. The van der Waals surface area contributed by atoms with Crippen LogP contribution in [0.25, 0.3) is 0 Å². The van der Waals surface area contributed by atoms with E-state index in [2.05, 4.69) is 16.7 Å². The lowest BCUT2D eigenvalue weighted by Gasteiger charge is -2.24. The number of carbonyl (C=O) groups is 2. The maximum atomic E-state index is 12.5. The zero-order valence-corrected chi connectivity index (χ0v) is 14.8. The molecule has 25 heavy (non-hydrogen) atoms. The van der Waals surface area contributed by atoms with Crippen LogP contribution in [0.4, 0.5) is 5.69 Å². The first-order chi connectivity index (χ1) is 12.2. The third kappa shape index (κ3) is 4.28. The van der Waals surface area contributed by atoms with Crippen LogP contribution in [0.1, 0.15) is 38.2 Å². The number of benzene rings is 1. The molecule has 134 valence electrons. The molecule has 1 aromatic carbocycles. The van der Waals surface area contributed by atoms with Crippen molar-refractivity contribution in [1.29, 1.82) is 0 Å². The van der Waals surface area contributed by atoms with Gasteiger partial charge in [-0.25, -0.2) is 0 Å². The van der Waals surface area contributed by atoms with E-state index in [1.54, 1.807) is 6.08 Å². The number of anilines is 1. The van der Waals surface area contributed by atoms with E-state index in [0.717, 1.165) is 50.9 Å². The van der Waals surface area contributed by atoms with E-state index in [9.17, 15) is 9.59 Å². The minimum atomic E-state index is -0.113. The highest BCUT2D eigenvalue weighted by molar-refractivity contribution is 6.03. The van der Waals surface area contributed by atoms with Gasteiger partial charge in [0, 0.05) is 24.4 Å². The molecule has 0 radical (unpaired) electrons. The van der Waals surface area contributed by atoms with Crippen molar-refractivity contribution in [1.82, 2.24) is 10.6 Å². The Morgan fingerprint density at radius 1 is 1.36 bits per heavy atom. The first kappa shape index (κ1) is 17.7. The molecule has 5 nitrogen and oxygen atoms in total. The van der Waals surface area contributed by atoms with Crippen molar-refractivity contribution in [3.8, 4) is 0 Å². The van der Waals surface area contributed by atoms with E-state index < -0.39 is 0 Å². The molecule has 0 aromatic heterocycles. The van der Waals surface area contributed by atoms with Crippen molar-refractivity contribution in [2.45, 2.75) is 51.1 Å². The van der Waals surface area contributed by atoms with Crippen LogP contribution in [-0.2, 0) is 16.0 Å². The zero-order valence-electron chi connectivity index (χ0n) is 14.8. The van der Waals surface area contributed by atoms with Gasteiger partial charge < -0.3 is 15.5 Å². The zero-order chi connectivity index (χ0) is 17.6. The molecule has 2 N–H and O–H groups in total. The second-order valence-electron chi connectivity index (χ2n) is 6.75. The second kappa shape index (κ2) is 8.30. The topological polar surface area (TPSA) is 61.4 Å². The number of nitrogens with zero attached hydrogens (tertiary/aromatic N) is 1. The van der Waals surface area contributed by atoms with Gasteiger partial charge in [-0.3, -0.25) is 9.59 Å². The van der Waals surface area contributed by atoms with Gasteiger partial charge in [0.15, 0.2) is 0 Å². The molecule has 1 unspecified atom stereocenters. The van der Waals surface area contributed by atoms with Crippen LogP contribution in [-0.4, -0.2) is 37.0 Å². The van der Waals surface area contributed by atoms with Gasteiger partial charge in [-0.2, -0.15) is 0 Å². The highest BCUT2D eigenvalue weighted by atomic mass is 16.2. The Morgan fingerprint density at radius 3 is 2.96 bits per heavy atom. The van der Waals surface area contributed by atoms with Crippen LogP contribution in [0.2, 0.25) is 0 Å². The molecule has 0 saturated carbocycles. The first-order valence-corrected chi connectivity index (χ1v) is 9.30. The predicted octanol–water partition coefficient (Wildman–Crippen LogP) is 2.17. The summed E-state index contributed by atoms with van der Waals surface area (Å²) in [5, 5.41) is 6.30. The largest absolute Gasteiger partial charge is 0.349 e. The van der Waals surface area contributed by atoms with Crippen LogP contribution in [0, 0.1) is 0 Å². The average molecular weight is 341 g/mol. The summed E-state index contributed by atoms with van der Waals surface area (Å²) in [5.41, 5.74) is 2.22. The first-order valence-electron chi connectivity index (χ1n) is 9.30. The predicted molar refractivity (Wildman–Crippen MR) is 99.5 cm³/mol. The Morgan fingerprint density at radius 2 is 2.20 bits per heavy atom. The smallest absolute Gasteiger partial charge is 0.250 e. The van der Waals surface area contributed by atoms with E-state index >= 15 is 0 Å². The molecular formula is C20H27N3O2. The van der Waals surface area contributed by atoms with Gasteiger partial charge in [0.2, 0.25) is 5.91 Å². The number of carbonyl (C=O) groups excluding carboxylic acids is 2. The lowest BCUT2D eigenvalue weighted by molar-refractivity contribution is -0.124. The highest BCUT2D eigenvalue weighted by Crippen LogP contribution is 2.27. The summed E-state index contributed by atoms with van der Waals surface area (Å²) in [6.45, 7) is 3.63. The normalized spacial score (nSPS) is 21.2. The summed E-state index contributed by atoms with van der Waals surface area (Å²) in [7, 11) is 0. The molecule has 2 aliphatic rings. The van der Waals surface area contributed by atoms with Gasteiger partial charge in [-0.15, -0.1) is 0 Å². The van der Waals surface area contributed by atoms with Crippen molar-refractivity contribution in [3.05, 3.63) is 42.0 Å². The number of rotatable bonds is 5. The van der Waals surface area contributed by atoms with E-state index in [-0.39, 0.29) is 23.9 Å². The molecule has 2 heterocycles. The molecule has 0 aliphatic carbocycles. The maximum absolute atomic E-state index is 12.5. The number of amides is 2. The number of piperidine rings is 1. The third-order valence-electron chi connectivity index (χ3n) is 5.02. The summed E-state index contributed by atoms with van der Waals surface area (Å²) < 4.78 is 0. The fourth-order valence-corrected chi connectivity index (χ4v) is 3.50. The van der Waals surface area contributed by atoms with Crippen LogP contribution in [0.5, 0.6) is 0 Å². The molecular weight excluding hydrogens is 314 g/mol. The molecule has 2 atom stereocenters. The molecule has 2 aliphatic heterocycles. The molecule has 2 amide bonds. The van der Waals surface area contributed by atoms with Gasteiger partial charge in [-0.05, 0) is 43.9 Å². The third-order valence-corrected chi connectivity index (χ3v) is 5.02. The van der Waals surface area contributed by atoms with Gasteiger partial charge in [0.05, 0.1) is 6.04 Å². The number of para-hydroxylation sites is 1. The summed E-state index contributed by atoms with van der Waals surface area (Å²) in [4.78, 5) is 26.7. The highest BCUT2D eigenvalue weighted by Gasteiger charge is 2.24. The van der Waals surface area contributed by atoms with E-state index in [4.69, 9.17) is 0 Å². The van der Waals surface area contributed by atoms with Crippen molar-refractivity contribution in [2.24, 2.45) is 0 Å². The lowest BCUT2D eigenvalue weighted by atomic mass is 10.0. The minimum absolute atomic E-state index is 0.0200. The molecule has 5 heteroatoms. The second-order valence-corrected chi connectivity index (χ2v) is 6.75. The number of fused-ring (bicyclic) bond motifs is 1. The molecule has 1 fully saturated rings. The summed E-state index contributed by atoms with van der Waals surface area (Å²) in [6, 6.07) is 7.81. The average Bonchev–Trinajstić information content (AvgIpc) is 3.09. The summed E-state index contributed by atoms with van der Waals surface area (Å²) in [6.07, 6.45) is 8.19. The van der Waals surface area contributed by atoms with Crippen molar-refractivity contribution in [3.63, 3.8) is 0 Å². The molecule has 0 spiro atoms. The minimum Gasteiger partial charge on any atom is -0.349 e. The number of nitrogens with one attached hydrogen (secondary N) is 2. The van der Waals surface area contributed by atoms with E-state index in [1.807, 2.05) is 36.1 Å². The Bertz CT molecular complexity index is 650. The Balaban J connectivity index is 1.57. The van der Waals surface area contributed by atoms with Crippen LogP contribution in [0.15, 0.2) is 36.4 Å². The van der Waals surface area contributed by atoms with Crippen molar-refractivity contribution >= 4 is 17.5 Å². The van der Waals surface area contributed by atoms with E-state index in [0.29, 0.717) is 0 Å².